The molecule has 1 aromatic heterocycles. The summed E-state index contributed by atoms with van der Waals surface area (Å²) in [4.78, 5) is 15.6. The number of carbonyl (C=O) groups is 1. The van der Waals surface area contributed by atoms with Crippen molar-refractivity contribution in [1.29, 1.82) is 0 Å². The van der Waals surface area contributed by atoms with E-state index in [2.05, 4.69) is 15.3 Å². The van der Waals surface area contributed by atoms with Crippen LogP contribution in [0.25, 0.3) is 5.69 Å². The third kappa shape index (κ3) is 4.27. The molecule has 162 valence electrons. The number of morpholine rings is 1. The maximum atomic E-state index is 13.3. The van der Waals surface area contributed by atoms with Gasteiger partial charge in [-0.15, -0.1) is 0 Å². The predicted octanol–water partition coefficient (Wildman–Crippen LogP) is 3.34. The highest BCUT2D eigenvalue weighted by Gasteiger charge is 2.39. The number of nitrogens with one attached hydrogen (secondary N) is 1. The van der Waals surface area contributed by atoms with Crippen LogP contribution in [0, 0.1) is 5.82 Å². The van der Waals surface area contributed by atoms with Crippen molar-refractivity contribution in [2.45, 2.75) is 51.0 Å². The number of hydrogen-bond donors (Lipinski definition) is 1. The molecule has 1 aliphatic heterocycles. The third-order valence-corrected chi connectivity index (χ3v) is 6.56. The van der Waals surface area contributed by atoms with Gasteiger partial charge in [-0.1, -0.05) is 26.2 Å². The van der Waals surface area contributed by atoms with Crippen LogP contribution >= 0.6 is 0 Å². The molecule has 2 fully saturated rings. The van der Waals surface area contributed by atoms with Gasteiger partial charge in [0, 0.05) is 25.2 Å². The highest BCUT2D eigenvalue weighted by molar-refractivity contribution is 5.95. The summed E-state index contributed by atoms with van der Waals surface area (Å²) >= 11 is 0. The van der Waals surface area contributed by atoms with E-state index in [1.807, 2.05) is 6.92 Å². The van der Waals surface area contributed by atoms with E-state index < -0.39 is 0 Å². The Labute approximate surface area is 177 Å². The fourth-order valence-electron chi connectivity index (χ4n) is 4.90. The van der Waals surface area contributed by atoms with Crippen LogP contribution in [0.4, 0.5) is 4.39 Å². The van der Waals surface area contributed by atoms with Crippen molar-refractivity contribution in [3.63, 3.8) is 0 Å². The summed E-state index contributed by atoms with van der Waals surface area (Å²) in [6.07, 6.45) is 8.19. The summed E-state index contributed by atoms with van der Waals surface area (Å²) in [5.74, 6) is -0.374. The molecule has 2 aromatic rings. The smallest absolute Gasteiger partial charge is 0.254 e. The van der Waals surface area contributed by atoms with E-state index >= 15 is 0 Å². The first-order valence-corrected chi connectivity index (χ1v) is 11.1. The number of nitrogens with zero attached hydrogens (tertiary/aromatic N) is 3. The second-order valence-corrected chi connectivity index (χ2v) is 8.31. The van der Waals surface area contributed by atoms with E-state index in [1.54, 1.807) is 23.0 Å². The first kappa shape index (κ1) is 21.0. The zero-order valence-corrected chi connectivity index (χ0v) is 17.7. The monoisotopic (exact) mass is 414 g/mol. The highest BCUT2D eigenvalue weighted by Crippen LogP contribution is 2.34. The fraction of sp³-hybridized carbons (Fsp3) is 0.565. The van der Waals surface area contributed by atoms with Crippen LogP contribution in [0.3, 0.4) is 0 Å². The molecule has 0 unspecified atom stereocenters. The first-order valence-electron chi connectivity index (χ1n) is 11.1. The lowest BCUT2D eigenvalue weighted by molar-refractivity contribution is -0.0361. The van der Waals surface area contributed by atoms with Gasteiger partial charge in [0.05, 0.1) is 36.4 Å². The molecular weight excluding hydrogens is 383 g/mol. The second kappa shape index (κ2) is 9.27. The van der Waals surface area contributed by atoms with Crippen molar-refractivity contribution in [3.8, 4) is 5.69 Å². The van der Waals surface area contributed by atoms with Gasteiger partial charge in [-0.25, -0.2) is 9.07 Å². The molecule has 2 heterocycles. The van der Waals surface area contributed by atoms with E-state index in [0.29, 0.717) is 18.5 Å². The molecule has 30 heavy (non-hydrogen) atoms. The maximum Gasteiger partial charge on any atom is 0.254 e. The number of aromatic nitrogens is 2. The van der Waals surface area contributed by atoms with Crippen molar-refractivity contribution in [2.24, 2.45) is 0 Å². The Balaban J connectivity index is 1.51. The van der Waals surface area contributed by atoms with Gasteiger partial charge in [0.2, 0.25) is 0 Å². The van der Waals surface area contributed by atoms with Crippen LogP contribution in [0.2, 0.25) is 0 Å². The predicted molar refractivity (Wildman–Crippen MR) is 113 cm³/mol. The fourth-order valence-corrected chi connectivity index (χ4v) is 4.90. The lowest BCUT2D eigenvalue weighted by Crippen LogP contribution is -2.59. The summed E-state index contributed by atoms with van der Waals surface area (Å²) in [5.41, 5.74) is 2.21. The summed E-state index contributed by atoms with van der Waals surface area (Å²) in [6.45, 7) is 6.04. The Morgan fingerprint density at radius 1 is 1.17 bits per heavy atom. The molecule has 1 saturated carbocycles. The minimum absolute atomic E-state index is 0.0248. The third-order valence-electron chi connectivity index (χ3n) is 6.56. The van der Waals surface area contributed by atoms with Crippen LogP contribution < -0.4 is 5.32 Å². The lowest BCUT2D eigenvalue weighted by Gasteiger charge is -2.48. The van der Waals surface area contributed by atoms with Gasteiger partial charge in [-0.3, -0.25) is 9.69 Å². The van der Waals surface area contributed by atoms with E-state index in [9.17, 15) is 9.18 Å². The number of benzene rings is 1. The van der Waals surface area contributed by atoms with Gasteiger partial charge in [-0.2, -0.15) is 5.10 Å². The van der Waals surface area contributed by atoms with E-state index in [4.69, 9.17) is 4.74 Å². The number of carbonyl (C=O) groups excluding carboxylic acids is 1. The largest absolute Gasteiger partial charge is 0.379 e. The average Bonchev–Trinajstić information content (AvgIpc) is 3.23. The van der Waals surface area contributed by atoms with Crippen LogP contribution in [0.1, 0.15) is 55.1 Å². The molecule has 7 heteroatoms. The number of rotatable bonds is 6. The normalized spacial score (nSPS) is 19.5. The van der Waals surface area contributed by atoms with Crippen molar-refractivity contribution in [3.05, 3.63) is 47.5 Å². The Kier molecular flexibility index (Phi) is 6.49. The molecule has 1 aromatic carbocycles. The van der Waals surface area contributed by atoms with Gasteiger partial charge in [0.15, 0.2) is 0 Å². The Morgan fingerprint density at radius 3 is 2.53 bits per heavy atom. The summed E-state index contributed by atoms with van der Waals surface area (Å²) in [5, 5.41) is 7.64. The standard InChI is InChI=1S/C23H31FN4O2/c1-2-21-20(16-26-28(21)19-8-6-18(24)7-9-19)22(29)25-17-23(10-4-3-5-11-23)27-12-14-30-15-13-27/h6-9,16H,2-5,10-15,17H2,1H3,(H,25,29). The average molecular weight is 415 g/mol. The number of hydrogen-bond acceptors (Lipinski definition) is 4. The molecular formula is C23H31FN4O2. The second-order valence-electron chi connectivity index (χ2n) is 8.31. The van der Waals surface area contributed by atoms with Gasteiger partial charge >= 0.3 is 0 Å². The molecule has 6 nitrogen and oxygen atoms in total. The van der Waals surface area contributed by atoms with E-state index in [0.717, 1.165) is 50.5 Å². The van der Waals surface area contributed by atoms with Crippen LogP contribution in [-0.4, -0.2) is 59.0 Å². The molecule has 1 N–H and O–H groups in total. The number of amides is 1. The van der Waals surface area contributed by atoms with Crippen molar-refractivity contribution < 1.29 is 13.9 Å². The quantitative estimate of drug-likeness (QED) is 0.788. The SMILES string of the molecule is CCc1c(C(=O)NCC2(N3CCOCC3)CCCCC2)cnn1-c1ccc(F)cc1. The number of halogens is 1. The van der Waals surface area contributed by atoms with Crippen molar-refractivity contribution in [2.75, 3.05) is 32.8 Å². The molecule has 1 aliphatic carbocycles. The highest BCUT2D eigenvalue weighted by atomic mass is 19.1. The van der Waals surface area contributed by atoms with Crippen LogP contribution in [-0.2, 0) is 11.2 Å². The number of ether oxygens (including phenoxy) is 1. The topological polar surface area (TPSA) is 59.4 Å². The Hall–Kier alpha value is -2.25. The van der Waals surface area contributed by atoms with Gasteiger partial charge in [0.25, 0.3) is 5.91 Å². The first-order chi connectivity index (χ1) is 14.6. The Bertz CT molecular complexity index is 853. The molecule has 1 amide bonds. The summed E-state index contributed by atoms with van der Waals surface area (Å²) in [6, 6.07) is 6.17. The Morgan fingerprint density at radius 2 is 1.87 bits per heavy atom. The lowest BCUT2D eigenvalue weighted by atomic mass is 9.79. The van der Waals surface area contributed by atoms with Crippen LogP contribution in [0.5, 0.6) is 0 Å². The molecule has 2 aliphatic rings. The van der Waals surface area contributed by atoms with Crippen LogP contribution in [0.15, 0.2) is 30.5 Å². The van der Waals surface area contributed by atoms with E-state index in [1.165, 1.54) is 31.4 Å². The minimum Gasteiger partial charge on any atom is -0.379 e. The van der Waals surface area contributed by atoms with Crippen molar-refractivity contribution >= 4 is 5.91 Å². The molecule has 0 bridgehead atoms. The molecule has 1 saturated heterocycles. The zero-order valence-electron chi connectivity index (χ0n) is 17.7. The maximum absolute atomic E-state index is 13.3. The van der Waals surface area contributed by atoms with Gasteiger partial charge in [-0.05, 0) is 43.5 Å². The van der Waals surface area contributed by atoms with Gasteiger partial charge in [0.1, 0.15) is 5.82 Å². The molecule has 4 rings (SSSR count). The van der Waals surface area contributed by atoms with E-state index in [-0.39, 0.29) is 17.3 Å². The van der Waals surface area contributed by atoms with Gasteiger partial charge < -0.3 is 10.1 Å². The molecule has 0 spiro atoms. The molecule has 0 atom stereocenters. The summed E-state index contributed by atoms with van der Waals surface area (Å²) in [7, 11) is 0. The van der Waals surface area contributed by atoms with Crippen molar-refractivity contribution in [1.82, 2.24) is 20.0 Å². The zero-order chi connectivity index (χ0) is 21.0. The molecule has 0 radical (unpaired) electrons. The minimum atomic E-state index is -0.289. The summed E-state index contributed by atoms with van der Waals surface area (Å²) < 4.78 is 20.6.